The predicted molar refractivity (Wildman–Crippen MR) is 51.1 cm³/mol. The molecule has 0 unspecified atom stereocenters. The smallest absolute Gasteiger partial charge is 0.146 e. The maximum atomic E-state index is 9.11. The van der Waals surface area contributed by atoms with Crippen molar-refractivity contribution in [2.24, 2.45) is 0 Å². The van der Waals surface area contributed by atoms with Crippen LogP contribution in [0.15, 0.2) is 24.3 Å². The number of hydrogen-bond donors (Lipinski definition) is 2. The van der Waals surface area contributed by atoms with E-state index in [1.54, 1.807) is 0 Å². The third-order valence-corrected chi connectivity index (χ3v) is 2.23. The van der Waals surface area contributed by atoms with Gasteiger partial charge in [-0.3, -0.25) is 0 Å². The normalized spacial score (nSPS) is 25.7. The van der Waals surface area contributed by atoms with Crippen molar-refractivity contribution in [3.8, 4) is 5.75 Å². The molecule has 0 spiro atoms. The van der Waals surface area contributed by atoms with Crippen LogP contribution in [-0.2, 0) is 0 Å². The van der Waals surface area contributed by atoms with Crippen molar-refractivity contribution in [2.75, 3.05) is 18.5 Å². The Hall–Kier alpha value is -1.22. The Morgan fingerprint density at radius 3 is 3.08 bits per heavy atom. The predicted octanol–water partition coefficient (Wildman–Crippen LogP) is 1.24. The molecule has 3 heteroatoms. The average Bonchev–Trinajstić information content (AvgIpc) is 2.18. The minimum atomic E-state index is -0.492. The number of hydrogen-bond acceptors (Lipinski definition) is 3. The van der Waals surface area contributed by atoms with Crippen molar-refractivity contribution in [3.63, 3.8) is 0 Å². The summed E-state index contributed by atoms with van der Waals surface area (Å²) in [7, 11) is 0. The van der Waals surface area contributed by atoms with Crippen molar-refractivity contribution < 1.29 is 9.84 Å². The Labute approximate surface area is 77.3 Å². The molecule has 0 saturated heterocycles. The minimum Gasteiger partial charge on any atom is -0.481 e. The summed E-state index contributed by atoms with van der Waals surface area (Å²) in [5.74, 6) is 0.810. The van der Waals surface area contributed by atoms with Crippen LogP contribution in [0.3, 0.4) is 0 Å². The van der Waals surface area contributed by atoms with E-state index in [-0.39, 0.29) is 6.61 Å². The third kappa shape index (κ3) is 1.47. The number of para-hydroxylation sites is 2. The molecule has 1 aliphatic rings. The zero-order valence-electron chi connectivity index (χ0n) is 7.58. The van der Waals surface area contributed by atoms with Gasteiger partial charge >= 0.3 is 0 Å². The first-order valence-electron chi connectivity index (χ1n) is 4.36. The van der Waals surface area contributed by atoms with Gasteiger partial charge < -0.3 is 15.2 Å². The van der Waals surface area contributed by atoms with Crippen LogP contribution in [0.2, 0.25) is 0 Å². The van der Waals surface area contributed by atoms with Gasteiger partial charge in [0, 0.05) is 0 Å². The Morgan fingerprint density at radius 2 is 2.31 bits per heavy atom. The van der Waals surface area contributed by atoms with Gasteiger partial charge in [-0.2, -0.15) is 0 Å². The van der Waals surface area contributed by atoms with E-state index in [2.05, 4.69) is 5.32 Å². The highest BCUT2D eigenvalue weighted by atomic mass is 16.5. The van der Waals surface area contributed by atoms with Gasteiger partial charge in [0.05, 0.1) is 18.8 Å². The molecule has 1 aromatic rings. The van der Waals surface area contributed by atoms with Gasteiger partial charge in [0.15, 0.2) is 0 Å². The molecule has 1 atom stereocenters. The quantitative estimate of drug-likeness (QED) is 0.681. The van der Waals surface area contributed by atoms with Gasteiger partial charge in [0.2, 0.25) is 0 Å². The topological polar surface area (TPSA) is 41.5 Å². The lowest BCUT2D eigenvalue weighted by Crippen LogP contribution is -2.46. The van der Waals surface area contributed by atoms with Crippen LogP contribution >= 0.6 is 0 Å². The van der Waals surface area contributed by atoms with Crippen LogP contribution in [0.5, 0.6) is 5.75 Å². The number of nitrogens with one attached hydrogen (secondary N) is 1. The standard InChI is InChI=1S/C10H13NO2/c1-10(7-12)6-11-8-4-2-3-5-9(8)13-10/h2-5,11-12H,6-7H2,1H3/t10-/m0/s1. The van der Waals surface area contributed by atoms with E-state index >= 15 is 0 Å². The summed E-state index contributed by atoms with van der Waals surface area (Å²) in [6.07, 6.45) is 0. The average molecular weight is 179 g/mol. The van der Waals surface area contributed by atoms with Crippen LogP contribution in [-0.4, -0.2) is 23.9 Å². The Morgan fingerprint density at radius 1 is 1.54 bits per heavy atom. The first-order valence-corrected chi connectivity index (χ1v) is 4.36. The number of anilines is 1. The Kier molecular flexibility index (Phi) is 1.88. The summed E-state index contributed by atoms with van der Waals surface area (Å²) in [6.45, 7) is 2.55. The molecule has 3 nitrogen and oxygen atoms in total. The molecule has 0 saturated carbocycles. The molecule has 70 valence electrons. The lowest BCUT2D eigenvalue weighted by Gasteiger charge is -2.34. The summed E-state index contributed by atoms with van der Waals surface area (Å²) < 4.78 is 5.66. The second-order valence-corrected chi connectivity index (χ2v) is 3.56. The number of benzene rings is 1. The van der Waals surface area contributed by atoms with Gasteiger partial charge in [-0.15, -0.1) is 0 Å². The maximum absolute atomic E-state index is 9.11. The highest BCUT2D eigenvalue weighted by Gasteiger charge is 2.30. The lowest BCUT2D eigenvalue weighted by atomic mass is 10.1. The molecule has 0 fully saturated rings. The molecule has 0 bridgehead atoms. The molecule has 0 radical (unpaired) electrons. The van der Waals surface area contributed by atoms with Crippen molar-refractivity contribution in [3.05, 3.63) is 24.3 Å². The van der Waals surface area contributed by atoms with E-state index in [1.165, 1.54) is 0 Å². The lowest BCUT2D eigenvalue weighted by molar-refractivity contribution is 0.0311. The van der Waals surface area contributed by atoms with Gasteiger partial charge in [-0.25, -0.2) is 0 Å². The monoisotopic (exact) mass is 179 g/mol. The largest absolute Gasteiger partial charge is 0.481 e. The molecular weight excluding hydrogens is 166 g/mol. The summed E-state index contributed by atoms with van der Waals surface area (Å²) in [5, 5.41) is 12.3. The van der Waals surface area contributed by atoms with Crippen LogP contribution in [0, 0.1) is 0 Å². The molecule has 2 N–H and O–H groups in total. The Balaban J connectivity index is 2.29. The Bertz CT molecular complexity index is 314. The molecule has 1 heterocycles. The van der Waals surface area contributed by atoms with Crippen molar-refractivity contribution >= 4 is 5.69 Å². The summed E-state index contributed by atoms with van der Waals surface area (Å²) in [5.41, 5.74) is 0.502. The fraction of sp³-hybridized carbons (Fsp3) is 0.400. The fourth-order valence-corrected chi connectivity index (χ4v) is 1.37. The number of fused-ring (bicyclic) bond motifs is 1. The van der Waals surface area contributed by atoms with Gasteiger partial charge in [-0.05, 0) is 19.1 Å². The van der Waals surface area contributed by atoms with Crippen molar-refractivity contribution in [2.45, 2.75) is 12.5 Å². The minimum absolute atomic E-state index is 0.0222. The van der Waals surface area contributed by atoms with E-state index in [0.717, 1.165) is 11.4 Å². The highest BCUT2D eigenvalue weighted by molar-refractivity contribution is 5.58. The molecule has 13 heavy (non-hydrogen) atoms. The van der Waals surface area contributed by atoms with E-state index in [4.69, 9.17) is 9.84 Å². The van der Waals surface area contributed by atoms with Crippen molar-refractivity contribution in [1.29, 1.82) is 0 Å². The molecular formula is C10H13NO2. The third-order valence-electron chi connectivity index (χ3n) is 2.23. The molecule has 0 aromatic heterocycles. The van der Waals surface area contributed by atoms with E-state index in [0.29, 0.717) is 6.54 Å². The molecule has 2 rings (SSSR count). The van der Waals surface area contributed by atoms with Gasteiger partial charge in [0.25, 0.3) is 0 Å². The van der Waals surface area contributed by atoms with Crippen molar-refractivity contribution in [1.82, 2.24) is 0 Å². The van der Waals surface area contributed by atoms with Gasteiger partial charge in [0.1, 0.15) is 11.4 Å². The fourth-order valence-electron chi connectivity index (χ4n) is 1.37. The van der Waals surface area contributed by atoms with Crippen LogP contribution in [0.4, 0.5) is 5.69 Å². The summed E-state index contributed by atoms with van der Waals surface area (Å²) in [6, 6.07) is 7.74. The summed E-state index contributed by atoms with van der Waals surface area (Å²) >= 11 is 0. The first-order chi connectivity index (χ1) is 6.23. The molecule has 0 amide bonds. The second kappa shape index (κ2) is 2.92. The zero-order chi connectivity index (χ0) is 9.31. The number of aliphatic hydroxyl groups excluding tert-OH is 1. The molecule has 1 aliphatic heterocycles. The number of aliphatic hydroxyl groups is 1. The van der Waals surface area contributed by atoms with E-state index < -0.39 is 5.60 Å². The molecule has 0 aliphatic carbocycles. The van der Waals surface area contributed by atoms with Crippen LogP contribution in [0.1, 0.15) is 6.92 Å². The first kappa shape index (κ1) is 8.38. The van der Waals surface area contributed by atoms with Crippen LogP contribution < -0.4 is 10.1 Å². The number of ether oxygens (including phenoxy) is 1. The maximum Gasteiger partial charge on any atom is 0.146 e. The zero-order valence-corrected chi connectivity index (χ0v) is 7.58. The van der Waals surface area contributed by atoms with Gasteiger partial charge in [-0.1, -0.05) is 12.1 Å². The molecule has 1 aromatic carbocycles. The van der Waals surface area contributed by atoms with E-state index in [1.807, 2.05) is 31.2 Å². The highest BCUT2D eigenvalue weighted by Crippen LogP contribution is 2.31. The van der Waals surface area contributed by atoms with E-state index in [9.17, 15) is 0 Å². The second-order valence-electron chi connectivity index (χ2n) is 3.56. The van der Waals surface area contributed by atoms with Crippen LogP contribution in [0.25, 0.3) is 0 Å². The SMILES string of the molecule is C[C@@]1(CO)CNc2ccccc2O1. The summed E-state index contributed by atoms with van der Waals surface area (Å²) in [4.78, 5) is 0. The number of rotatable bonds is 1.